The van der Waals surface area contributed by atoms with Gasteiger partial charge < -0.3 is 14.7 Å². The van der Waals surface area contributed by atoms with Gasteiger partial charge in [0, 0.05) is 19.1 Å². The van der Waals surface area contributed by atoms with Crippen molar-refractivity contribution in [3.05, 3.63) is 46.3 Å². The Morgan fingerprint density at radius 1 is 1.33 bits per heavy atom. The van der Waals surface area contributed by atoms with Crippen LogP contribution in [0.1, 0.15) is 36.5 Å². The highest BCUT2D eigenvalue weighted by atomic mass is 32.2. The molecule has 8 heteroatoms. The van der Waals surface area contributed by atoms with E-state index in [0.717, 1.165) is 16.7 Å². The number of hydrogen-bond donors (Lipinski definition) is 1. The van der Waals surface area contributed by atoms with Gasteiger partial charge in [-0.1, -0.05) is 11.2 Å². The molecule has 4 rings (SSSR count). The molecule has 2 atom stereocenters. The van der Waals surface area contributed by atoms with E-state index >= 15 is 0 Å². The second kappa shape index (κ2) is 6.70. The first kappa shape index (κ1) is 18.6. The van der Waals surface area contributed by atoms with Gasteiger partial charge in [-0.05, 0) is 54.5 Å². The number of methoxy groups -OCH3 is 1. The van der Waals surface area contributed by atoms with Crippen molar-refractivity contribution in [2.45, 2.75) is 47.0 Å². The summed E-state index contributed by atoms with van der Waals surface area (Å²) in [7, 11) is -1.99. The van der Waals surface area contributed by atoms with Gasteiger partial charge >= 0.3 is 0 Å². The van der Waals surface area contributed by atoms with Gasteiger partial charge in [-0.25, -0.2) is 8.42 Å². The van der Waals surface area contributed by atoms with Crippen LogP contribution < -0.4 is 0 Å². The number of hydrogen-bond acceptors (Lipinski definition) is 7. The number of nitrogens with zero attached hydrogens (tertiary/aromatic N) is 1. The highest BCUT2D eigenvalue weighted by molar-refractivity contribution is 7.93. The summed E-state index contributed by atoms with van der Waals surface area (Å²) in [5.41, 5.74) is 2.55. The maximum atomic E-state index is 13.1. The van der Waals surface area contributed by atoms with Crippen LogP contribution >= 0.6 is 11.3 Å². The van der Waals surface area contributed by atoms with Gasteiger partial charge in [0.05, 0.1) is 23.3 Å². The Hall–Kier alpha value is -1.74. The van der Waals surface area contributed by atoms with Crippen LogP contribution in [-0.4, -0.2) is 39.2 Å². The van der Waals surface area contributed by atoms with Gasteiger partial charge in [0.2, 0.25) is 9.84 Å². The van der Waals surface area contributed by atoms with Crippen molar-refractivity contribution in [2.24, 2.45) is 5.16 Å². The van der Waals surface area contributed by atoms with Crippen LogP contribution in [0.25, 0.3) is 0 Å². The number of oxime groups is 1. The zero-order chi connectivity index (χ0) is 19.2. The average molecular weight is 408 g/mol. The van der Waals surface area contributed by atoms with Gasteiger partial charge in [0.1, 0.15) is 9.81 Å². The fraction of sp³-hybridized carbons (Fsp3) is 0.421. The fourth-order valence-electron chi connectivity index (χ4n) is 4.00. The summed E-state index contributed by atoms with van der Waals surface area (Å²) in [5.74, 6) is 0. The minimum absolute atomic E-state index is 0.135. The average Bonchev–Trinajstić information content (AvgIpc) is 3.39. The summed E-state index contributed by atoms with van der Waals surface area (Å²) in [4.78, 5) is 0.260. The van der Waals surface area contributed by atoms with Crippen LogP contribution in [-0.2, 0) is 31.3 Å². The molecule has 0 amide bonds. The van der Waals surface area contributed by atoms with E-state index in [1.54, 1.807) is 31.4 Å². The molecule has 1 aromatic heterocycles. The molecule has 2 unspecified atom stereocenters. The van der Waals surface area contributed by atoms with E-state index in [9.17, 15) is 8.42 Å². The van der Waals surface area contributed by atoms with E-state index < -0.39 is 15.4 Å². The third-order valence-corrected chi connectivity index (χ3v) is 8.83. The molecular formula is C19H21NO5S2. The van der Waals surface area contributed by atoms with E-state index in [2.05, 4.69) is 5.16 Å². The predicted molar refractivity (Wildman–Crippen MR) is 102 cm³/mol. The maximum absolute atomic E-state index is 13.1. The number of rotatable bonds is 4. The molecule has 2 aliphatic rings. The zero-order valence-electron chi connectivity index (χ0n) is 15.1. The molecule has 0 spiro atoms. The lowest BCUT2D eigenvalue weighted by atomic mass is 9.90. The molecule has 1 fully saturated rings. The number of ether oxygens (including phenoxy) is 2. The first-order valence-corrected chi connectivity index (χ1v) is 11.1. The van der Waals surface area contributed by atoms with Crippen molar-refractivity contribution in [2.75, 3.05) is 13.7 Å². The van der Waals surface area contributed by atoms with E-state index in [0.29, 0.717) is 35.8 Å². The lowest BCUT2D eigenvalue weighted by molar-refractivity contribution is -0.0645. The Labute approximate surface area is 162 Å². The van der Waals surface area contributed by atoms with Gasteiger partial charge in [0.15, 0.2) is 0 Å². The molecule has 6 nitrogen and oxygen atoms in total. The van der Waals surface area contributed by atoms with E-state index in [1.165, 1.54) is 11.3 Å². The second-order valence-electron chi connectivity index (χ2n) is 6.88. The quantitative estimate of drug-likeness (QED) is 0.621. The molecule has 1 aromatic carbocycles. The molecule has 1 aliphatic carbocycles. The number of aryl methyl sites for hydroxylation is 1. The minimum atomic E-state index is -3.63. The SMILES string of the molecule is COC1(c2csc(S(=O)(=O)c3ccc4c(c3)CC/C4=N\O)c2)CCOC1C. The molecule has 0 bridgehead atoms. The molecule has 1 saturated heterocycles. The van der Waals surface area contributed by atoms with Crippen molar-refractivity contribution in [1.82, 2.24) is 0 Å². The maximum Gasteiger partial charge on any atom is 0.215 e. The Morgan fingerprint density at radius 2 is 2.15 bits per heavy atom. The van der Waals surface area contributed by atoms with Crippen molar-refractivity contribution in [3.8, 4) is 0 Å². The summed E-state index contributed by atoms with van der Waals surface area (Å²) in [6.07, 6.45) is 1.86. The highest BCUT2D eigenvalue weighted by Gasteiger charge is 2.44. The lowest BCUT2D eigenvalue weighted by Crippen LogP contribution is -2.35. The van der Waals surface area contributed by atoms with Crippen LogP contribution in [0.15, 0.2) is 43.9 Å². The van der Waals surface area contributed by atoms with Gasteiger partial charge in [0.25, 0.3) is 0 Å². The molecule has 1 N–H and O–H groups in total. The molecular weight excluding hydrogens is 386 g/mol. The summed E-state index contributed by atoms with van der Waals surface area (Å²) < 4.78 is 38.0. The Morgan fingerprint density at radius 3 is 2.81 bits per heavy atom. The van der Waals surface area contributed by atoms with Gasteiger partial charge in [-0.15, -0.1) is 11.3 Å². The number of sulfone groups is 1. The monoisotopic (exact) mass is 407 g/mol. The minimum Gasteiger partial charge on any atom is -0.411 e. The number of thiophene rings is 1. The highest BCUT2D eigenvalue weighted by Crippen LogP contribution is 2.42. The van der Waals surface area contributed by atoms with E-state index in [4.69, 9.17) is 14.7 Å². The van der Waals surface area contributed by atoms with Crippen LogP contribution in [0.5, 0.6) is 0 Å². The molecule has 2 heterocycles. The lowest BCUT2D eigenvalue weighted by Gasteiger charge is -2.30. The normalized spacial score (nSPS) is 26.6. The number of fused-ring (bicyclic) bond motifs is 1. The largest absolute Gasteiger partial charge is 0.411 e. The molecule has 2 aromatic rings. The standard InChI is InChI=1S/C19H21NO5S2/c1-12-19(24-2,7-8-25-12)14-10-18(26-11-14)27(22,23)15-4-5-16-13(9-15)3-6-17(16)20-21/h4-5,9-12,21H,3,6-8H2,1-2H3/b20-17+. The van der Waals surface area contributed by atoms with E-state index in [-0.39, 0.29) is 11.0 Å². The first-order chi connectivity index (χ1) is 12.9. The summed E-state index contributed by atoms with van der Waals surface area (Å²) in [5, 5.41) is 14.2. The number of benzene rings is 1. The summed E-state index contributed by atoms with van der Waals surface area (Å²) >= 11 is 1.21. The van der Waals surface area contributed by atoms with E-state index in [1.807, 2.05) is 12.3 Å². The van der Waals surface area contributed by atoms with Crippen LogP contribution in [0, 0.1) is 0 Å². The zero-order valence-corrected chi connectivity index (χ0v) is 16.8. The molecule has 0 radical (unpaired) electrons. The van der Waals surface area contributed by atoms with Crippen molar-refractivity contribution < 1.29 is 23.1 Å². The smallest absolute Gasteiger partial charge is 0.215 e. The van der Waals surface area contributed by atoms with Crippen LogP contribution in [0.3, 0.4) is 0 Å². The molecule has 1 aliphatic heterocycles. The van der Waals surface area contributed by atoms with Crippen molar-refractivity contribution in [3.63, 3.8) is 0 Å². The van der Waals surface area contributed by atoms with Crippen LogP contribution in [0.2, 0.25) is 0 Å². The van der Waals surface area contributed by atoms with Crippen molar-refractivity contribution in [1.29, 1.82) is 0 Å². The molecule has 27 heavy (non-hydrogen) atoms. The first-order valence-electron chi connectivity index (χ1n) is 8.77. The van der Waals surface area contributed by atoms with Crippen molar-refractivity contribution >= 4 is 26.9 Å². The predicted octanol–water partition coefficient (Wildman–Crippen LogP) is 3.36. The molecule has 0 saturated carbocycles. The Balaban J connectivity index is 1.71. The third kappa shape index (κ3) is 2.82. The summed E-state index contributed by atoms with van der Waals surface area (Å²) in [6.45, 7) is 2.54. The fourth-order valence-corrected chi connectivity index (χ4v) is 6.71. The molecule has 144 valence electrons. The van der Waals surface area contributed by atoms with Crippen LogP contribution in [0.4, 0.5) is 0 Å². The van der Waals surface area contributed by atoms with Gasteiger partial charge in [-0.3, -0.25) is 0 Å². The topological polar surface area (TPSA) is 85.2 Å². The Bertz CT molecular complexity index is 1010. The van der Waals surface area contributed by atoms with Gasteiger partial charge in [-0.2, -0.15) is 0 Å². The third-order valence-electron chi connectivity index (χ3n) is 5.64. The second-order valence-corrected chi connectivity index (χ2v) is 9.97. The Kier molecular flexibility index (Phi) is 4.62. The summed E-state index contributed by atoms with van der Waals surface area (Å²) in [6, 6.07) is 6.71.